The van der Waals surface area contributed by atoms with E-state index in [9.17, 15) is 9.59 Å². The van der Waals surface area contributed by atoms with Gasteiger partial charge in [0.1, 0.15) is 12.3 Å². The van der Waals surface area contributed by atoms with E-state index in [4.69, 9.17) is 9.15 Å². The molecule has 0 bridgehead atoms. The fourth-order valence-corrected chi connectivity index (χ4v) is 1.66. The highest BCUT2D eigenvalue weighted by Gasteiger charge is 2.21. The third kappa shape index (κ3) is 3.61. The first-order chi connectivity index (χ1) is 8.60. The molecule has 0 saturated heterocycles. The number of amides is 1. The highest BCUT2D eigenvalue weighted by molar-refractivity contribution is 5.96. The highest BCUT2D eigenvalue weighted by Crippen LogP contribution is 2.12. The van der Waals surface area contributed by atoms with Crippen molar-refractivity contribution in [2.75, 3.05) is 19.7 Å². The van der Waals surface area contributed by atoms with E-state index < -0.39 is 0 Å². The predicted molar refractivity (Wildman–Crippen MR) is 66.3 cm³/mol. The molecule has 0 fully saturated rings. The van der Waals surface area contributed by atoms with Crippen molar-refractivity contribution in [3.63, 3.8) is 0 Å². The third-order valence-electron chi connectivity index (χ3n) is 2.50. The number of aryl methyl sites for hydroxylation is 1. The molecule has 5 nitrogen and oxygen atoms in total. The van der Waals surface area contributed by atoms with Crippen LogP contribution in [0.2, 0.25) is 0 Å². The van der Waals surface area contributed by atoms with Gasteiger partial charge in [-0.3, -0.25) is 9.59 Å². The summed E-state index contributed by atoms with van der Waals surface area (Å²) in [5, 5.41) is 0. The van der Waals surface area contributed by atoms with E-state index in [1.165, 1.54) is 11.2 Å². The van der Waals surface area contributed by atoms with Crippen molar-refractivity contribution >= 4 is 11.9 Å². The second-order valence-corrected chi connectivity index (χ2v) is 3.92. The lowest BCUT2D eigenvalue weighted by Gasteiger charge is -2.20. The van der Waals surface area contributed by atoms with Gasteiger partial charge in [0.2, 0.25) is 0 Å². The van der Waals surface area contributed by atoms with Crippen LogP contribution in [0.25, 0.3) is 0 Å². The van der Waals surface area contributed by atoms with E-state index in [-0.39, 0.29) is 18.4 Å². The summed E-state index contributed by atoms with van der Waals surface area (Å²) in [6.07, 6.45) is 2.25. The average molecular weight is 253 g/mol. The molecule has 5 heteroatoms. The number of esters is 1. The van der Waals surface area contributed by atoms with Crippen LogP contribution in [0.1, 0.15) is 36.4 Å². The number of carbonyl (C=O) groups is 2. The minimum atomic E-state index is -0.388. The molecule has 0 atom stereocenters. The van der Waals surface area contributed by atoms with Crippen molar-refractivity contribution in [2.24, 2.45) is 0 Å². The fraction of sp³-hybridized carbons (Fsp3) is 0.538. The molecule has 18 heavy (non-hydrogen) atoms. The highest BCUT2D eigenvalue weighted by atomic mass is 16.5. The molecular formula is C13H19NO4. The Balaban J connectivity index is 2.75. The molecule has 0 N–H and O–H groups in total. The maximum absolute atomic E-state index is 12.2. The molecule has 0 aromatic carbocycles. The monoisotopic (exact) mass is 253 g/mol. The summed E-state index contributed by atoms with van der Waals surface area (Å²) in [7, 11) is 0. The smallest absolute Gasteiger partial charge is 0.325 e. The summed E-state index contributed by atoms with van der Waals surface area (Å²) in [6, 6.07) is 1.62. The normalized spacial score (nSPS) is 10.2. The Morgan fingerprint density at radius 2 is 2.11 bits per heavy atom. The molecule has 1 rings (SSSR count). The van der Waals surface area contributed by atoms with Gasteiger partial charge in [-0.15, -0.1) is 0 Å². The molecule has 0 aliphatic carbocycles. The Bertz CT molecular complexity index is 411. The van der Waals surface area contributed by atoms with Crippen LogP contribution in [0.4, 0.5) is 0 Å². The topological polar surface area (TPSA) is 59.8 Å². The van der Waals surface area contributed by atoms with Gasteiger partial charge < -0.3 is 14.1 Å². The van der Waals surface area contributed by atoms with E-state index in [0.717, 1.165) is 6.42 Å². The lowest BCUT2D eigenvalue weighted by molar-refractivity contribution is -0.143. The van der Waals surface area contributed by atoms with Crippen molar-refractivity contribution in [3.8, 4) is 0 Å². The van der Waals surface area contributed by atoms with Gasteiger partial charge in [0, 0.05) is 6.54 Å². The Morgan fingerprint density at radius 1 is 1.39 bits per heavy atom. The van der Waals surface area contributed by atoms with Gasteiger partial charge in [-0.2, -0.15) is 0 Å². The molecule has 1 amide bonds. The molecule has 100 valence electrons. The lowest BCUT2D eigenvalue weighted by Crippen LogP contribution is -2.37. The standard InChI is InChI=1S/C13H19NO4/c1-4-7-14(9-12(15)17-5-2)13(16)11-6-8-18-10(11)3/h6,8H,4-5,7,9H2,1-3H3. The third-order valence-corrected chi connectivity index (χ3v) is 2.50. The van der Waals surface area contributed by atoms with Crippen LogP contribution in [-0.2, 0) is 9.53 Å². The number of carbonyl (C=O) groups excluding carboxylic acids is 2. The van der Waals surface area contributed by atoms with Crippen LogP contribution >= 0.6 is 0 Å². The van der Waals surface area contributed by atoms with Crippen molar-refractivity contribution in [1.82, 2.24) is 4.90 Å². The van der Waals surface area contributed by atoms with E-state index in [1.807, 2.05) is 6.92 Å². The van der Waals surface area contributed by atoms with Crippen LogP contribution in [0.5, 0.6) is 0 Å². The predicted octanol–water partition coefficient (Wildman–Crippen LogP) is 2.00. The Hall–Kier alpha value is -1.78. The number of nitrogens with zero attached hydrogens (tertiary/aromatic N) is 1. The number of rotatable bonds is 6. The summed E-state index contributed by atoms with van der Waals surface area (Å²) in [6.45, 7) is 6.23. The van der Waals surface area contributed by atoms with E-state index in [0.29, 0.717) is 24.5 Å². The molecule has 0 aliphatic heterocycles. The van der Waals surface area contributed by atoms with Crippen molar-refractivity contribution in [2.45, 2.75) is 27.2 Å². The molecule has 1 heterocycles. The van der Waals surface area contributed by atoms with Crippen LogP contribution in [0.3, 0.4) is 0 Å². The molecule has 0 unspecified atom stereocenters. The van der Waals surface area contributed by atoms with Gasteiger partial charge in [-0.1, -0.05) is 6.92 Å². The lowest BCUT2D eigenvalue weighted by atomic mass is 10.2. The zero-order valence-electron chi connectivity index (χ0n) is 11.1. The van der Waals surface area contributed by atoms with Crippen molar-refractivity contribution in [3.05, 3.63) is 23.7 Å². The Labute approximate surface area is 107 Å². The summed E-state index contributed by atoms with van der Waals surface area (Å²) in [5.74, 6) is -0.0263. The zero-order valence-corrected chi connectivity index (χ0v) is 11.1. The van der Waals surface area contributed by atoms with Gasteiger partial charge in [0.05, 0.1) is 18.4 Å². The quantitative estimate of drug-likeness (QED) is 0.727. The Morgan fingerprint density at radius 3 is 2.61 bits per heavy atom. The minimum absolute atomic E-state index is 0.0227. The number of furan rings is 1. The molecular weight excluding hydrogens is 234 g/mol. The van der Waals surface area contributed by atoms with Gasteiger partial charge in [0.25, 0.3) is 5.91 Å². The summed E-state index contributed by atoms with van der Waals surface area (Å²) in [5.41, 5.74) is 0.493. The van der Waals surface area contributed by atoms with E-state index >= 15 is 0 Å². The van der Waals surface area contributed by atoms with Crippen molar-refractivity contribution in [1.29, 1.82) is 0 Å². The second-order valence-electron chi connectivity index (χ2n) is 3.92. The Kier molecular flexibility index (Phi) is 5.42. The van der Waals surface area contributed by atoms with E-state index in [2.05, 4.69) is 0 Å². The zero-order chi connectivity index (χ0) is 13.5. The molecule has 0 saturated carbocycles. The second kappa shape index (κ2) is 6.83. The first-order valence-electron chi connectivity index (χ1n) is 6.09. The maximum atomic E-state index is 12.2. The number of hydrogen-bond donors (Lipinski definition) is 0. The van der Waals surface area contributed by atoms with Crippen LogP contribution in [0.15, 0.2) is 16.7 Å². The average Bonchev–Trinajstić information content (AvgIpc) is 2.74. The summed E-state index contributed by atoms with van der Waals surface area (Å²) in [4.78, 5) is 25.1. The van der Waals surface area contributed by atoms with Crippen LogP contribution < -0.4 is 0 Å². The summed E-state index contributed by atoms with van der Waals surface area (Å²) < 4.78 is 9.96. The molecule has 1 aromatic heterocycles. The number of hydrogen-bond acceptors (Lipinski definition) is 4. The molecule has 0 radical (unpaired) electrons. The van der Waals surface area contributed by atoms with Crippen molar-refractivity contribution < 1.29 is 18.7 Å². The van der Waals surface area contributed by atoms with Gasteiger partial charge in [0.15, 0.2) is 0 Å². The first kappa shape index (κ1) is 14.3. The van der Waals surface area contributed by atoms with E-state index in [1.54, 1.807) is 19.9 Å². The fourth-order valence-electron chi connectivity index (χ4n) is 1.66. The van der Waals surface area contributed by atoms with Gasteiger partial charge >= 0.3 is 5.97 Å². The van der Waals surface area contributed by atoms with Gasteiger partial charge in [-0.25, -0.2) is 0 Å². The largest absolute Gasteiger partial charge is 0.469 e. The molecule has 1 aromatic rings. The van der Waals surface area contributed by atoms with Gasteiger partial charge in [-0.05, 0) is 26.3 Å². The minimum Gasteiger partial charge on any atom is -0.469 e. The molecule has 0 aliphatic rings. The maximum Gasteiger partial charge on any atom is 0.325 e. The van der Waals surface area contributed by atoms with Crippen LogP contribution in [0, 0.1) is 6.92 Å². The molecule has 0 spiro atoms. The van der Waals surface area contributed by atoms with Crippen LogP contribution in [-0.4, -0.2) is 36.5 Å². The SMILES string of the molecule is CCCN(CC(=O)OCC)C(=O)c1ccoc1C. The first-order valence-corrected chi connectivity index (χ1v) is 6.09. The summed E-state index contributed by atoms with van der Waals surface area (Å²) >= 11 is 0. The number of ether oxygens (including phenoxy) is 1.